The van der Waals surface area contributed by atoms with Gasteiger partial charge in [0.1, 0.15) is 10.8 Å². The number of Topliss-reactive ketones (excluding diaryl/α,β-unsaturated/α-hetero) is 1. The summed E-state index contributed by atoms with van der Waals surface area (Å²) in [5.74, 6) is 0.159. The summed E-state index contributed by atoms with van der Waals surface area (Å²) in [5.41, 5.74) is 9.97. The molecule has 0 saturated carbocycles. The number of nitrogen functional groups attached to an aromatic ring is 1. The molecular formula is C20H17N3OS2. The van der Waals surface area contributed by atoms with Crippen LogP contribution in [-0.2, 0) is 17.6 Å². The van der Waals surface area contributed by atoms with Crippen LogP contribution in [0, 0.1) is 6.92 Å². The first-order valence-electron chi connectivity index (χ1n) is 8.25. The van der Waals surface area contributed by atoms with E-state index < -0.39 is 0 Å². The van der Waals surface area contributed by atoms with Gasteiger partial charge in [-0.05, 0) is 30.2 Å². The summed E-state index contributed by atoms with van der Waals surface area (Å²) in [5, 5.41) is 1.41. The number of aromatic nitrogens is 2. The van der Waals surface area contributed by atoms with Gasteiger partial charge >= 0.3 is 0 Å². The van der Waals surface area contributed by atoms with Crippen molar-refractivity contribution in [2.24, 2.45) is 0 Å². The van der Waals surface area contributed by atoms with Crippen molar-refractivity contribution < 1.29 is 4.79 Å². The molecule has 2 heterocycles. The Hall–Kier alpha value is -2.57. The Bertz CT molecular complexity index is 1080. The smallest absolute Gasteiger partial charge is 0.181 e. The highest BCUT2D eigenvalue weighted by Gasteiger charge is 2.11. The van der Waals surface area contributed by atoms with Gasteiger partial charge in [-0.2, -0.15) is 0 Å². The van der Waals surface area contributed by atoms with E-state index in [9.17, 15) is 4.79 Å². The fraction of sp³-hybridized carbons (Fsp3) is 0.150. The summed E-state index contributed by atoms with van der Waals surface area (Å²) in [6, 6.07) is 14.2. The van der Waals surface area contributed by atoms with Crippen LogP contribution in [0.5, 0.6) is 0 Å². The van der Waals surface area contributed by atoms with Gasteiger partial charge in [0, 0.05) is 12.6 Å². The van der Waals surface area contributed by atoms with Crippen LogP contribution in [0.4, 0.5) is 5.13 Å². The predicted octanol–water partition coefficient (Wildman–Crippen LogP) is 4.66. The van der Waals surface area contributed by atoms with Crippen LogP contribution in [0.3, 0.4) is 0 Å². The lowest BCUT2D eigenvalue weighted by Crippen LogP contribution is -2.06. The maximum absolute atomic E-state index is 12.4. The number of hydrogen-bond donors (Lipinski definition) is 1. The van der Waals surface area contributed by atoms with Crippen molar-refractivity contribution >= 4 is 43.8 Å². The third kappa shape index (κ3) is 3.66. The Morgan fingerprint density at radius 3 is 2.69 bits per heavy atom. The summed E-state index contributed by atoms with van der Waals surface area (Å²) in [4.78, 5) is 22.2. The van der Waals surface area contributed by atoms with Crippen molar-refractivity contribution in [1.82, 2.24) is 9.97 Å². The van der Waals surface area contributed by atoms with Gasteiger partial charge in [0.2, 0.25) is 0 Å². The fourth-order valence-corrected chi connectivity index (χ4v) is 4.55. The molecule has 0 unspecified atom stereocenters. The van der Waals surface area contributed by atoms with Crippen molar-refractivity contribution in [3.63, 3.8) is 0 Å². The lowest BCUT2D eigenvalue weighted by atomic mass is 10.1. The monoisotopic (exact) mass is 379 g/mol. The second-order valence-electron chi connectivity index (χ2n) is 6.23. The lowest BCUT2D eigenvalue weighted by Gasteiger charge is -2.00. The second-order valence-corrected chi connectivity index (χ2v) is 8.41. The quantitative estimate of drug-likeness (QED) is 0.547. The Balaban J connectivity index is 1.45. The largest absolute Gasteiger partial charge is 0.375 e. The molecule has 0 atom stereocenters. The molecule has 0 radical (unpaired) electrons. The summed E-state index contributed by atoms with van der Waals surface area (Å²) in [6.07, 6.45) is 2.61. The number of thiazole rings is 2. The Morgan fingerprint density at radius 1 is 1.08 bits per heavy atom. The SMILES string of the molecule is Cc1ccc(-c2cnc(CC(=O)Cc3ccc4nc(N)sc4c3)s2)cc1. The number of carbonyl (C=O) groups excluding carboxylic acids is 1. The number of aryl methyl sites for hydroxylation is 1. The second kappa shape index (κ2) is 6.97. The molecule has 2 N–H and O–H groups in total. The third-order valence-electron chi connectivity index (χ3n) is 4.11. The highest BCUT2D eigenvalue weighted by molar-refractivity contribution is 7.22. The minimum absolute atomic E-state index is 0.159. The van der Waals surface area contributed by atoms with Gasteiger partial charge < -0.3 is 5.73 Å². The standard InChI is InChI=1S/C20H17N3OS2/c1-12-2-5-14(6-3-12)18-11-22-19(25-18)10-15(24)8-13-4-7-16-17(9-13)26-20(21)23-16/h2-7,9,11H,8,10H2,1H3,(H2,21,23). The van der Waals surface area contributed by atoms with Gasteiger partial charge in [0.05, 0.1) is 21.5 Å². The topological polar surface area (TPSA) is 68.9 Å². The zero-order chi connectivity index (χ0) is 18.1. The molecule has 4 aromatic rings. The Labute approximate surface area is 159 Å². The van der Waals surface area contributed by atoms with E-state index >= 15 is 0 Å². The van der Waals surface area contributed by atoms with Gasteiger partial charge in [-0.15, -0.1) is 11.3 Å². The highest BCUT2D eigenvalue weighted by atomic mass is 32.1. The number of benzene rings is 2. The van der Waals surface area contributed by atoms with E-state index in [-0.39, 0.29) is 5.78 Å². The van der Waals surface area contributed by atoms with Gasteiger partial charge in [-0.1, -0.05) is 47.2 Å². The van der Waals surface area contributed by atoms with Crippen LogP contribution in [0.25, 0.3) is 20.7 Å². The predicted molar refractivity (Wildman–Crippen MR) is 109 cm³/mol. The molecule has 0 amide bonds. The van der Waals surface area contributed by atoms with Gasteiger partial charge in [0.25, 0.3) is 0 Å². The van der Waals surface area contributed by atoms with Crippen molar-refractivity contribution in [3.05, 3.63) is 64.8 Å². The summed E-state index contributed by atoms with van der Waals surface area (Å²) in [6.45, 7) is 2.07. The third-order valence-corrected chi connectivity index (χ3v) is 6.00. The van der Waals surface area contributed by atoms with E-state index in [0.29, 0.717) is 18.0 Å². The fourth-order valence-electron chi connectivity index (χ4n) is 2.80. The number of carbonyl (C=O) groups is 1. The molecule has 26 heavy (non-hydrogen) atoms. The highest BCUT2D eigenvalue weighted by Crippen LogP contribution is 2.27. The van der Waals surface area contributed by atoms with Crippen molar-refractivity contribution in [3.8, 4) is 10.4 Å². The minimum Gasteiger partial charge on any atom is -0.375 e. The summed E-state index contributed by atoms with van der Waals surface area (Å²) in [7, 11) is 0. The van der Waals surface area contributed by atoms with Gasteiger partial charge in [-0.3, -0.25) is 4.79 Å². The van der Waals surface area contributed by atoms with Crippen LogP contribution in [0.2, 0.25) is 0 Å². The minimum atomic E-state index is 0.159. The van der Waals surface area contributed by atoms with Crippen LogP contribution in [0.15, 0.2) is 48.7 Å². The van der Waals surface area contributed by atoms with Crippen molar-refractivity contribution in [2.45, 2.75) is 19.8 Å². The molecule has 0 fully saturated rings. The molecule has 4 rings (SSSR count). The molecule has 2 aromatic carbocycles. The molecule has 0 aliphatic carbocycles. The normalized spacial score (nSPS) is 11.1. The Morgan fingerprint density at radius 2 is 1.88 bits per heavy atom. The van der Waals surface area contributed by atoms with Gasteiger partial charge in [0.15, 0.2) is 5.13 Å². The van der Waals surface area contributed by atoms with Crippen LogP contribution >= 0.6 is 22.7 Å². The zero-order valence-corrected chi connectivity index (χ0v) is 15.9. The number of anilines is 1. The molecule has 6 heteroatoms. The lowest BCUT2D eigenvalue weighted by molar-refractivity contribution is -0.117. The number of ketones is 1. The number of nitrogens with two attached hydrogens (primary N) is 1. The van der Waals surface area contributed by atoms with E-state index in [1.54, 1.807) is 11.3 Å². The number of fused-ring (bicyclic) bond motifs is 1. The molecule has 2 aromatic heterocycles. The van der Waals surface area contributed by atoms with Crippen molar-refractivity contribution in [1.29, 1.82) is 0 Å². The molecule has 0 saturated heterocycles. The van der Waals surface area contributed by atoms with E-state index in [0.717, 1.165) is 31.2 Å². The maximum Gasteiger partial charge on any atom is 0.181 e. The van der Waals surface area contributed by atoms with Crippen LogP contribution < -0.4 is 5.73 Å². The molecule has 0 aliphatic heterocycles. The maximum atomic E-state index is 12.4. The first-order valence-corrected chi connectivity index (χ1v) is 9.88. The van der Waals surface area contributed by atoms with E-state index in [1.165, 1.54) is 16.9 Å². The number of hydrogen-bond acceptors (Lipinski definition) is 6. The first-order chi connectivity index (χ1) is 12.6. The average Bonchev–Trinajstić information content (AvgIpc) is 3.20. The number of rotatable bonds is 5. The van der Waals surface area contributed by atoms with Crippen molar-refractivity contribution in [2.75, 3.05) is 5.73 Å². The first kappa shape index (κ1) is 16.9. The van der Waals surface area contributed by atoms with E-state index in [1.807, 2.05) is 24.4 Å². The van der Waals surface area contributed by atoms with E-state index in [2.05, 4.69) is 41.2 Å². The molecule has 4 nitrogen and oxygen atoms in total. The Kier molecular flexibility index (Phi) is 4.53. The number of nitrogens with zero attached hydrogens (tertiary/aromatic N) is 2. The molecular weight excluding hydrogens is 362 g/mol. The van der Waals surface area contributed by atoms with Crippen LogP contribution in [0.1, 0.15) is 16.1 Å². The summed E-state index contributed by atoms with van der Waals surface area (Å²) < 4.78 is 1.02. The van der Waals surface area contributed by atoms with E-state index in [4.69, 9.17) is 5.73 Å². The molecule has 0 spiro atoms. The molecule has 130 valence electrons. The molecule has 0 bridgehead atoms. The zero-order valence-electron chi connectivity index (χ0n) is 14.2. The van der Waals surface area contributed by atoms with Crippen LogP contribution in [-0.4, -0.2) is 15.8 Å². The van der Waals surface area contributed by atoms with Gasteiger partial charge in [-0.25, -0.2) is 9.97 Å². The summed E-state index contributed by atoms with van der Waals surface area (Å²) >= 11 is 3.02. The average molecular weight is 380 g/mol. The molecule has 0 aliphatic rings.